The predicted molar refractivity (Wildman–Crippen MR) is 122 cm³/mol. The monoisotopic (exact) mass is 462 g/mol. The van der Waals surface area contributed by atoms with Gasteiger partial charge in [-0.1, -0.05) is 29.3 Å². The molecule has 0 saturated carbocycles. The Morgan fingerprint density at radius 2 is 1.83 bits per heavy atom. The molecule has 6 nitrogen and oxygen atoms in total. The fourth-order valence-electron chi connectivity index (χ4n) is 3.66. The zero-order chi connectivity index (χ0) is 21.5. The molecular formula is C21H23ClN4O2S2. The van der Waals surface area contributed by atoms with Crippen molar-refractivity contribution in [1.29, 1.82) is 0 Å². The van der Waals surface area contributed by atoms with E-state index in [-0.39, 0.29) is 17.5 Å². The first-order valence-corrected chi connectivity index (χ1v) is 12.3. The molecule has 158 valence electrons. The van der Waals surface area contributed by atoms with E-state index in [0.29, 0.717) is 28.7 Å². The molecule has 0 unspecified atom stereocenters. The summed E-state index contributed by atoms with van der Waals surface area (Å²) in [5.41, 5.74) is 2.98. The van der Waals surface area contributed by atoms with Crippen LogP contribution in [0, 0.1) is 11.7 Å². The number of rotatable bonds is 5. The van der Waals surface area contributed by atoms with E-state index in [1.807, 2.05) is 72.0 Å². The first-order valence-electron chi connectivity index (χ1n) is 9.67. The Balaban J connectivity index is 1.75. The third-order valence-corrected chi connectivity index (χ3v) is 7.82. The molecule has 2 aromatic carbocycles. The lowest BCUT2D eigenvalue weighted by Gasteiger charge is -2.22. The van der Waals surface area contributed by atoms with Crippen molar-refractivity contribution < 1.29 is 8.42 Å². The van der Waals surface area contributed by atoms with Gasteiger partial charge in [-0.3, -0.25) is 9.47 Å². The second-order valence-electron chi connectivity index (χ2n) is 7.74. The smallest absolute Gasteiger partial charge is 0.204 e. The number of aromatic nitrogens is 3. The zero-order valence-electron chi connectivity index (χ0n) is 16.8. The van der Waals surface area contributed by atoms with E-state index in [0.717, 1.165) is 16.8 Å². The van der Waals surface area contributed by atoms with Gasteiger partial charge >= 0.3 is 0 Å². The van der Waals surface area contributed by atoms with Crippen LogP contribution in [0.1, 0.15) is 12.0 Å². The average molecular weight is 463 g/mol. The molecule has 1 aliphatic heterocycles. The Kier molecular flexibility index (Phi) is 5.85. The molecule has 1 atom stereocenters. The van der Waals surface area contributed by atoms with Gasteiger partial charge in [-0.15, -0.1) is 5.10 Å². The molecule has 0 radical (unpaired) electrons. The van der Waals surface area contributed by atoms with Gasteiger partial charge in [0.2, 0.25) is 4.77 Å². The Morgan fingerprint density at radius 1 is 1.17 bits per heavy atom. The van der Waals surface area contributed by atoms with Crippen molar-refractivity contribution in [3.8, 4) is 17.1 Å². The first kappa shape index (κ1) is 21.2. The summed E-state index contributed by atoms with van der Waals surface area (Å²) in [5, 5.41) is 5.45. The van der Waals surface area contributed by atoms with Crippen molar-refractivity contribution in [2.75, 3.05) is 18.6 Å². The lowest BCUT2D eigenvalue weighted by Crippen LogP contribution is -2.34. The number of sulfone groups is 1. The molecule has 1 aromatic heterocycles. The van der Waals surface area contributed by atoms with E-state index < -0.39 is 9.84 Å². The highest BCUT2D eigenvalue weighted by Gasteiger charge is 2.31. The van der Waals surface area contributed by atoms with Gasteiger partial charge in [-0.05, 0) is 69.0 Å². The fraction of sp³-hybridized carbons (Fsp3) is 0.333. The maximum Gasteiger partial charge on any atom is 0.204 e. The number of nitrogens with zero attached hydrogens (tertiary/aromatic N) is 4. The van der Waals surface area contributed by atoms with E-state index in [4.69, 9.17) is 28.9 Å². The molecule has 2 heterocycles. The van der Waals surface area contributed by atoms with Crippen LogP contribution in [-0.2, 0) is 16.5 Å². The van der Waals surface area contributed by atoms with Gasteiger partial charge in [0.1, 0.15) is 0 Å². The van der Waals surface area contributed by atoms with Crippen molar-refractivity contribution in [1.82, 2.24) is 19.2 Å². The highest BCUT2D eigenvalue weighted by molar-refractivity contribution is 7.91. The van der Waals surface area contributed by atoms with Crippen LogP contribution in [0.5, 0.6) is 0 Å². The van der Waals surface area contributed by atoms with Crippen LogP contribution >= 0.6 is 23.8 Å². The average Bonchev–Trinajstić information content (AvgIpc) is 3.23. The number of hydrogen-bond acceptors (Lipinski definition) is 5. The minimum Gasteiger partial charge on any atom is -0.283 e. The standard InChI is InChI=1S/C21H23ClN4O2S2/c1-15-3-9-18(10-4-15)26-20(16-5-7-17(22)8-6-16)23-25(21(26)29)14-24(2)19-11-12-30(27,28)13-19/h3-10,19H,11-14H2,1-2H3/t19-/m0/s1. The van der Waals surface area contributed by atoms with Gasteiger partial charge in [-0.25, -0.2) is 13.1 Å². The summed E-state index contributed by atoms with van der Waals surface area (Å²) in [7, 11) is -1.04. The first-order chi connectivity index (χ1) is 14.2. The summed E-state index contributed by atoms with van der Waals surface area (Å²) in [6.45, 7) is 2.45. The molecule has 1 saturated heterocycles. The van der Waals surface area contributed by atoms with Crippen LogP contribution in [0.3, 0.4) is 0 Å². The summed E-state index contributed by atoms with van der Waals surface area (Å²) in [6, 6.07) is 15.6. The third kappa shape index (κ3) is 4.37. The van der Waals surface area contributed by atoms with E-state index >= 15 is 0 Å². The van der Waals surface area contributed by atoms with E-state index in [9.17, 15) is 8.42 Å². The molecular weight excluding hydrogens is 440 g/mol. The number of benzene rings is 2. The molecule has 0 spiro atoms. The fourth-order valence-corrected chi connectivity index (χ4v) is 5.88. The highest BCUT2D eigenvalue weighted by Crippen LogP contribution is 2.25. The van der Waals surface area contributed by atoms with Crippen molar-refractivity contribution in [2.24, 2.45) is 0 Å². The zero-order valence-corrected chi connectivity index (χ0v) is 19.2. The number of halogens is 1. The summed E-state index contributed by atoms with van der Waals surface area (Å²) < 4.78 is 28.0. The molecule has 9 heteroatoms. The normalized spacial score (nSPS) is 18.2. The van der Waals surface area contributed by atoms with Crippen LogP contribution in [-0.4, -0.2) is 52.3 Å². The quantitative estimate of drug-likeness (QED) is 0.534. The Bertz CT molecular complexity index is 1220. The molecule has 0 aliphatic carbocycles. The van der Waals surface area contributed by atoms with Gasteiger partial charge in [0.05, 0.1) is 18.2 Å². The third-order valence-electron chi connectivity index (χ3n) is 5.42. The molecule has 1 aliphatic rings. The van der Waals surface area contributed by atoms with Crippen LogP contribution in [0.15, 0.2) is 48.5 Å². The Morgan fingerprint density at radius 3 is 2.43 bits per heavy atom. The SMILES string of the molecule is Cc1ccc(-n2c(-c3ccc(Cl)cc3)nn(CN(C)[C@H]3CCS(=O)(=O)C3)c2=S)cc1. The molecule has 0 amide bonds. The molecule has 30 heavy (non-hydrogen) atoms. The van der Waals surface area contributed by atoms with Gasteiger partial charge in [0.15, 0.2) is 15.7 Å². The Labute approximate surface area is 186 Å². The minimum atomic E-state index is -2.96. The van der Waals surface area contributed by atoms with Crippen molar-refractivity contribution >= 4 is 33.7 Å². The summed E-state index contributed by atoms with van der Waals surface area (Å²) in [6.07, 6.45) is 0.634. The van der Waals surface area contributed by atoms with Crippen molar-refractivity contribution in [2.45, 2.75) is 26.1 Å². The number of hydrogen-bond donors (Lipinski definition) is 0. The van der Waals surface area contributed by atoms with Crippen LogP contribution < -0.4 is 0 Å². The highest BCUT2D eigenvalue weighted by atomic mass is 35.5. The van der Waals surface area contributed by atoms with Gasteiger partial charge < -0.3 is 0 Å². The van der Waals surface area contributed by atoms with Gasteiger partial charge in [-0.2, -0.15) is 0 Å². The lowest BCUT2D eigenvalue weighted by atomic mass is 10.2. The summed E-state index contributed by atoms with van der Waals surface area (Å²) in [4.78, 5) is 2.01. The topological polar surface area (TPSA) is 60.1 Å². The van der Waals surface area contributed by atoms with E-state index in [2.05, 4.69) is 0 Å². The summed E-state index contributed by atoms with van der Waals surface area (Å²) in [5.74, 6) is 1.13. The Hall–Kier alpha value is -2.00. The second-order valence-corrected chi connectivity index (χ2v) is 10.8. The van der Waals surface area contributed by atoms with Crippen LogP contribution in [0.4, 0.5) is 0 Å². The molecule has 0 bridgehead atoms. The van der Waals surface area contributed by atoms with Gasteiger partial charge in [0, 0.05) is 22.3 Å². The van der Waals surface area contributed by atoms with E-state index in [1.165, 1.54) is 0 Å². The van der Waals surface area contributed by atoms with E-state index in [1.54, 1.807) is 4.68 Å². The van der Waals surface area contributed by atoms with Crippen molar-refractivity contribution in [3.63, 3.8) is 0 Å². The lowest BCUT2D eigenvalue weighted by molar-refractivity contribution is 0.196. The molecule has 1 fully saturated rings. The van der Waals surface area contributed by atoms with Crippen LogP contribution in [0.25, 0.3) is 17.1 Å². The maximum atomic E-state index is 11.9. The van der Waals surface area contributed by atoms with Crippen LogP contribution in [0.2, 0.25) is 5.02 Å². The maximum absolute atomic E-state index is 11.9. The molecule has 4 rings (SSSR count). The van der Waals surface area contributed by atoms with Gasteiger partial charge in [0.25, 0.3) is 0 Å². The number of aryl methyl sites for hydroxylation is 1. The largest absolute Gasteiger partial charge is 0.283 e. The minimum absolute atomic E-state index is 0.0274. The molecule has 0 N–H and O–H groups in total. The van der Waals surface area contributed by atoms with Crippen molar-refractivity contribution in [3.05, 3.63) is 63.9 Å². The summed E-state index contributed by atoms with van der Waals surface area (Å²) >= 11 is 11.8. The second kappa shape index (κ2) is 8.26. The predicted octanol–water partition coefficient (Wildman–Crippen LogP) is 4.11. The molecule has 3 aromatic rings.